The van der Waals surface area contributed by atoms with Crippen LogP contribution < -0.4 is 16.2 Å². The Kier molecular flexibility index (Phi) is 12.4. The van der Waals surface area contributed by atoms with Gasteiger partial charge in [-0.25, -0.2) is 9.59 Å². The van der Waals surface area contributed by atoms with Crippen LogP contribution in [-0.4, -0.2) is 56.7 Å². The highest BCUT2D eigenvalue weighted by Crippen LogP contribution is 2.26. The van der Waals surface area contributed by atoms with Gasteiger partial charge >= 0.3 is 18.0 Å². The van der Waals surface area contributed by atoms with Crippen molar-refractivity contribution in [3.8, 4) is 11.3 Å². The number of anilines is 1. The molecule has 1 unspecified atom stereocenters. The van der Waals surface area contributed by atoms with Crippen LogP contribution in [0.5, 0.6) is 0 Å². The minimum atomic E-state index is -1.02. The molecular formula is C32H42ClN5O8S. The number of carbonyl (C=O) groups excluding carboxylic acids is 4. The zero-order valence-electron chi connectivity index (χ0n) is 27.8. The molecule has 0 bridgehead atoms. The van der Waals surface area contributed by atoms with Crippen molar-refractivity contribution in [2.45, 2.75) is 86.5 Å². The predicted octanol–water partition coefficient (Wildman–Crippen LogP) is 5.71. The minimum Gasteiger partial charge on any atom is -0.444 e. The van der Waals surface area contributed by atoms with Crippen LogP contribution in [0.25, 0.3) is 11.3 Å². The number of nitrogens with one attached hydrogen (secondary N) is 2. The molecular weight excluding hydrogens is 650 g/mol. The summed E-state index contributed by atoms with van der Waals surface area (Å²) in [5.74, 6) is -1.68. The van der Waals surface area contributed by atoms with Gasteiger partial charge in [0, 0.05) is 29.1 Å². The highest BCUT2D eigenvalue weighted by molar-refractivity contribution is 7.16. The van der Waals surface area contributed by atoms with E-state index in [2.05, 4.69) is 15.7 Å². The van der Waals surface area contributed by atoms with E-state index in [0.29, 0.717) is 16.7 Å². The van der Waals surface area contributed by atoms with Gasteiger partial charge in [0.1, 0.15) is 23.2 Å². The van der Waals surface area contributed by atoms with E-state index in [9.17, 15) is 24.0 Å². The highest BCUT2D eigenvalue weighted by Gasteiger charge is 2.29. The van der Waals surface area contributed by atoms with E-state index in [4.69, 9.17) is 25.8 Å². The number of hydrogen-bond donors (Lipinski definition) is 2. The lowest BCUT2D eigenvalue weighted by Crippen LogP contribution is -2.47. The van der Waals surface area contributed by atoms with Crippen molar-refractivity contribution in [2.24, 2.45) is 11.3 Å². The summed E-state index contributed by atoms with van der Waals surface area (Å²) in [4.78, 5) is 64.6. The standard InChI is InChI=1S/C32H42ClN5O8S/c1-19(2)26(35-30(43)46-32(6,7)8)28(41)45-18-44-25(39)13-15-37-14-9-10-21(27(37)40)22-16-24(34-17-20-11-12-23(33)47-20)38(36-22)29(42)31(3,4)5/h9-12,14,16,19,26,34H,13,15,17-18H2,1-8H3,(H,35,43). The molecule has 0 saturated carbocycles. The van der Waals surface area contributed by atoms with Crippen molar-refractivity contribution in [1.29, 1.82) is 0 Å². The fraction of sp³-hybridized carbons (Fsp3) is 0.500. The number of amides is 1. The van der Waals surface area contributed by atoms with E-state index in [1.807, 2.05) is 6.07 Å². The predicted molar refractivity (Wildman–Crippen MR) is 178 cm³/mol. The molecule has 0 spiro atoms. The number of hydrogen-bond acceptors (Lipinski definition) is 11. The van der Waals surface area contributed by atoms with Crippen LogP contribution in [-0.2, 0) is 36.9 Å². The molecule has 47 heavy (non-hydrogen) atoms. The van der Waals surface area contributed by atoms with Gasteiger partial charge in [-0.1, -0.05) is 46.2 Å². The largest absolute Gasteiger partial charge is 0.444 e. The SMILES string of the molecule is CC(C)C(NC(=O)OC(C)(C)C)C(=O)OCOC(=O)CCn1cccc(-c2cc(NCc3ccc(Cl)s3)n(C(=O)C(C)(C)C)n2)c1=O. The topological polar surface area (TPSA) is 160 Å². The van der Waals surface area contributed by atoms with Gasteiger partial charge in [-0.3, -0.25) is 14.4 Å². The van der Waals surface area contributed by atoms with Gasteiger partial charge in [0.25, 0.3) is 11.5 Å². The number of rotatable bonds is 12. The van der Waals surface area contributed by atoms with Crippen molar-refractivity contribution in [1.82, 2.24) is 19.7 Å². The average molecular weight is 692 g/mol. The molecule has 1 amide bonds. The number of esters is 2. The third-order valence-electron chi connectivity index (χ3n) is 6.48. The quantitative estimate of drug-likeness (QED) is 0.178. The number of nitrogens with zero attached hydrogens (tertiary/aromatic N) is 3. The van der Waals surface area contributed by atoms with Crippen molar-refractivity contribution in [2.75, 3.05) is 12.1 Å². The normalized spacial score (nSPS) is 12.4. The molecule has 13 nitrogen and oxygen atoms in total. The Bertz CT molecular complexity index is 1650. The van der Waals surface area contributed by atoms with Crippen molar-refractivity contribution < 1.29 is 33.4 Å². The Morgan fingerprint density at radius 2 is 1.74 bits per heavy atom. The monoisotopic (exact) mass is 691 g/mol. The minimum absolute atomic E-state index is 0.0276. The van der Waals surface area contributed by atoms with E-state index in [-0.39, 0.29) is 36.0 Å². The van der Waals surface area contributed by atoms with Crippen LogP contribution in [0.3, 0.4) is 0 Å². The number of aryl methyl sites for hydroxylation is 1. The molecule has 3 aromatic heterocycles. The van der Waals surface area contributed by atoms with Crippen molar-refractivity contribution in [3.63, 3.8) is 0 Å². The molecule has 0 aliphatic carbocycles. The van der Waals surface area contributed by atoms with Gasteiger partial charge in [-0.15, -0.1) is 11.3 Å². The summed E-state index contributed by atoms with van der Waals surface area (Å²) in [7, 11) is 0. The molecule has 0 aromatic carbocycles. The Morgan fingerprint density at radius 1 is 1.04 bits per heavy atom. The summed E-state index contributed by atoms with van der Waals surface area (Å²) in [6.07, 6.45) is 0.547. The maximum atomic E-state index is 13.4. The summed E-state index contributed by atoms with van der Waals surface area (Å²) in [6.45, 7) is 13.6. The van der Waals surface area contributed by atoms with Crippen LogP contribution >= 0.6 is 22.9 Å². The number of aromatic nitrogens is 3. The second-order valence-corrected chi connectivity index (χ2v) is 14.9. The van der Waals surface area contributed by atoms with Crippen LogP contribution in [0.15, 0.2) is 41.3 Å². The van der Waals surface area contributed by atoms with Gasteiger partial charge in [-0.05, 0) is 51.0 Å². The molecule has 3 heterocycles. The third kappa shape index (κ3) is 11.0. The zero-order chi connectivity index (χ0) is 35.1. The molecule has 2 N–H and O–H groups in total. The Hall–Kier alpha value is -4.17. The van der Waals surface area contributed by atoms with E-state index in [1.165, 1.54) is 26.8 Å². The molecule has 1 atom stereocenters. The summed E-state index contributed by atoms with van der Waals surface area (Å²) in [6, 6.07) is 7.50. The van der Waals surface area contributed by atoms with E-state index < -0.39 is 47.4 Å². The maximum Gasteiger partial charge on any atom is 0.408 e. The summed E-state index contributed by atoms with van der Waals surface area (Å²) in [5.41, 5.74) is -1.41. The molecule has 0 saturated heterocycles. The fourth-order valence-corrected chi connectivity index (χ4v) is 5.13. The van der Waals surface area contributed by atoms with Gasteiger partial charge in [0.05, 0.1) is 22.9 Å². The number of alkyl carbamates (subject to hydrolysis) is 1. The molecule has 0 radical (unpaired) electrons. The molecule has 256 valence electrons. The number of halogens is 1. The highest BCUT2D eigenvalue weighted by atomic mass is 35.5. The van der Waals surface area contributed by atoms with Crippen LogP contribution in [0, 0.1) is 11.3 Å². The second-order valence-electron chi connectivity index (χ2n) is 13.1. The number of thiophene rings is 1. The van der Waals surface area contributed by atoms with Crippen LogP contribution in [0.1, 0.15) is 71.5 Å². The lowest BCUT2D eigenvalue weighted by molar-refractivity contribution is -0.169. The first-order valence-electron chi connectivity index (χ1n) is 15.0. The Morgan fingerprint density at radius 3 is 2.34 bits per heavy atom. The Labute approximate surface area is 282 Å². The maximum absolute atomic E-state index is 13.4. The number of ether oxygens (including phenoxy) is 3. The van der Waals surface area contributed by atoms with Gasteiger partial charge in [0.2, 0.25) is 6.79 Å². The smallest absolute Gasteiger partial charge is 0.408 e. The van der Waals surface area contributed by atoms with Gasteiger partial charge < -0.3 is 29.4 Å². The first-order chi connectivity index (χ1) is 21.9. The lowest BCUT2D eigenvalue weighted by Gasteiger charge is -2.24. The van der Waals surface area contributed by atoms with Crippen molar-refractivity contribution >= 4 is 52.7 Å². The van der Waals surface area contributed by atoms with Gasteiger partial charge in [-0.2, -0.15) is 9.78 Å². The molecule has 0 aliphatic rings. The first-order valence-corrected chi connectivity index (χ1v) is 16.2. The summed E-state index contributed by atoms with van der Waals surface area (Å²) in [5, 5.41) is 10.2. The molecule has 0 aliphatic heterocycles. The Balaban J connectivity index is 1.65. The zero-order valence-corrected chi connectivity index (χ0v) is 29.4. The fourth-order valence-electron chi connectivity index (χ4n) is 4.10. The summed E-state index contributed by atoms with van der Waals surface area (Å²) >= 11 is 7.46. The molecule has 3 rings (SSSR count). The van der Waals surface area contributed by atoms with Crippen molar-refractivity contribution in [3.05, 3.63) is 56.1 Å². The lowest BCUT2D eigenvalue weighted by atomic mass is 9.96. The molecule has 0 fully saturated rings. The van der Waals surface area contributed by atoms with Crippen LogP contribution in [0.2, 0.25) is 4.34 Å². The van der Waals surface area contributed by atoms with Crippen LogP contribution in [0.4, 0.5) is 10.6 Å². The summed E-state index contributed by atoms with van der Waals surface area (Å²) < 4.78 is 18.5. The van der Waals surface area contributed by atoms with E-state index in [1.54, 1.807) is 79.7 Å². The number of carbonyl (C=O) groups is 4. The number of pyridine rings is 1. The first kappa shape index (κ1) is 37.3. The molecule has 15 heteroatoms. The molecule has 3 aromatic rings. The second kappa shape index (κ2) is 15.6. The third-order valence-corrected chi connectivity index (χ3v) is 7.71. The van der Waals surface area contributed by atoms with E-state index in [0.717, 1.165) is 4.88 Å². The van der Waals surface area contributed by atoms with E-state index >= 15 is 0 Å². The van der Waals surface area contributed by atoms with Gasteiger partial charge in [0.15, 0.2) is 0 Å². The average Bonchev–Trinajstić information content (AvgIpc) is 3.57.